The highest BCUT2D eigenvalue weighted by atomic mass is 16.2. The van der Waals surface area contributed by atoms with E-state index in [9.17, 15) is 9.59 Å². The van der Waals surface area contributed by atoms with Crippen LogP contribution in [0.5, 0.6) is 0 Å². The van der Waals surface area contributed by atoms with E-state index in [0.29, 0.717) is 24.2 Å². The van der Waals surface area contributed by atoms with Crippen LogP contribution >= 0.6 is 0 Å². The van der Waals surface area contributed by atoms with Crippen molar-refractivity contribution in [3.63, 3.8) is 0 Å². The Balaban J connectivity index is 1.77. The highest BCUT2D eigenvalue weighted by Crippen LogP contribution is 2.22. The number of carbonyl (C=O) groups excluding carboxylic acids is 2. The van der Waals surface area contributed by atoms with E-state index in [4.69, 9.17) is 0 Å². The van der Waals surface area contributed by atoms with Crippen molar-refractivity contribution >= 4 is 11.7 Å². The predicted molar refractivity (Wildman–Crippen MR) is 97.7 cm³/mol. The van der Waals surface area contributed by atoms with Crippen molar-refractivity contribution in [2.75, 3.05) is 0 Å². The van der Waals surface area contributed by atoms with Crippen molar-refractivity contribution in [1.82, 2.24) is 15.6 Å². The second-order valence-electron chi connectivity index (χ2n) is 6.67. The van der Waals surface area contributed by atoms with Crippen LogP contribution in [-0.2, 0) is 26.1 Å². The van der Waals surface area contributed by atoms with Crippen LogP contribution in [0.3, 0.4) is 0 Å². The van der Waals surface area contributed by atoms with E-state index < -0.39 is 0 Å². The lowest BCUT2D eigenvalue weighted by atomic mass is 10.0. The zero-order valence-electron chi connectivity index (χ0n) is 15.1. The van der Waals surface area contributed by atoms with Gasteiger partial charge in [-0.25, -0.2) is 0 Å². The maximum Gasteiger partial charge on any atom is 0.268 e. The molecule has 1 aromatic carbocycles. The van der Waals surface area contributed by atoms with E-state index in [0.717, 1.165) is 36.3 Å². The molecule has 0 saturated heterocycles. The van der Waals surface area contributed by atoms with Gasteiger partial charge in [0.05, 0.1) is 0 Å². The van der Waals surface area contributed by atoms with Crippen LogP contribution in [-0.4, -0.2) is 16.7 Å². The average Bonchev–Trinajstić information content (AvgIpc) is 3.16. The van der Waals surface area contributed by atoms with Crippen LogP contribution in [0, 0.1) is 6.92 Å². The van der Waals surface area contributed by atoms with Gasteiger partial charge >= 0.3 is 0 Å². The Labute approximate surface area is 148 Å². The Morgan fingerprint density at radius 3 is 2.68 bits per heavy atom. The number of aryl methyl sites for hydroxylation is 1. The molecule has 0 fully saturated rings. The number of hydrogen-bond acceptors (Lipinski definition) is 3. The second-order valence-corrected chi connectivity index (χ2v) is 6.67. The molecule has 2 aromatic rings. The SMILES string of the molecule is CCCc1c(C(=O)NCc2ccc3c(c2)CNC3)[nH]c(C)c1C(C)=O. The van der Waals surface area contributed by atoms with E-state index in [2.05, 4.69) is 33.8 Å². The van der Waals surface area contributed by atoms with E-state index in [1.165, 1.54) is 11.1 Å². The van der Waals surface area contributed by atoms with Gasteiger partial charge in [-0.2, -0.15) is 0 Å². The molecule has 3 N–H and O–H groups in total. The Hall–Kier alpha value is -2.40. The van der Waals surface area contributed by atoms with Crippen molar-refractivity contribution < 1.29 is 9.59 Å². The molecule has 0 radical (unpaired) electrons. The highest BCUT2D eigenvalue weighted by molar-refractivity contribution is 6.02. The van der Waals surface area contributed by atoms with Gasteiger partial charge in [0, 0.05) is 30.9 Å². The molecular weight excluding hydrogens is 314 g/mol. The topological polar surface area (TPSA) is 74.0 Å². The summed E-state index contributed by atoms with van der Waals surface area (Å²) < 4.78 is 0. The summed E-state index contributed by atoms with van der Waals surface area (Å²) in [5, 5.41) is 6.31. The fraction of sp³-hybridized carbons (Fsp3) is 0.400. The zero-order chi connectivity index (χ0) is 18.0. The molecule has 1 aliphatic heterocycles. The number of amides is 1. The molecule has 0 spiro atoms. The van der Waals surface area contributed by atoms with Gasteiger partial charge in [0.25, 0.3) is 5.91 Å². The molecule has 5 nitrogen and oxygen atoms in total. The maximum atomic E-state index is 12.7. The van der Waals surface area contributed by atoms with Crippen LogP contribution < -0.4 is 10.6 Å². The third kappa shape index (κ3) is 3.51. The fourth-order valence-corrected chi connectivity index (χ4v) is 3.58. The first-order valence-electron chi connectivity index (χ1n) is 8.83. The summed E-state index contributed by atoms with van der Waals surface area (Å²) in [5.41, 5.74) is 6.50. The third-order valence-corrected chi connectivity index (χ3v) is 4.72. The van der Waals surface area contributed by atoms with Crippen LogP contribution in [0.15, 0.2) is 18.2 Å². The molecule has 0 saturated carbocycles. The molecule has 1 aromatic heterocycles. The number of benzene rings is 1. The molecule has 5 heteroatoms. The number of hydrogen-bond donors (Lipinski definition) is 3. The van der Waals surface area contributed by atoms with Crippen molar-refractivity contribution in [3.05, 3.63) is 57.4 Å². The largest absolute Gasteiger partial charge is 0.354 e. The highest BCUT2D eigenvalue weighted by Gasteiger charge is 2.22. The van der Waals surface area contributed by atoms with Crippen molar-refractivity contribution in [1.29, 1.82) is 0 Å². The average molecular weight is 339 g/mol. The molecule has 0 bridgehead atoms. The normalized spacial score (nSPS) is 12.9. The van der Waals surface area contributed by atoms with E-state index >= 15 is 0 Å². The zero-order valence-corrected chi connectivity index (χ0v) is 15.1. The minimum absolute atomic E-state index is 0.00220. The first-order valence-corrected chi connectivity index (χ1v) is 8.83. The van der Waals surface area contributed by atoms with Gasteiger partial charge in [0.1, 0.15) is 5.69 Å². The summed E-state index contributed by atoms with van der Waals surface area (Å²) in [6, 6.07) is 6.32. The number of rotatable bonds is 6. The lowest BCUT2D eigenvalue weighted by Gasteiger charge is -2.08. The van der Waals surface area contributed by atoms with Crippen molar-refractivity contribution in [2.24, 2.45) is 0 Å². The minimum Gasteiger partial charge on any atom is -0.354 e. The summed E-state index contributed by atoms with van der Waals surface area (Å²) >= 11 is 0. The lowest BCUT2D eigenvalue weighted by molar-refractivity contribution is 0.0945. The maximum absolute atomic E-state index is 12.7. The summed E-state index contributed by atoms with van der Waals surface area (Å²) in [5.74, 6) is -0.153. The molecule has 1 aliphatic rings. The lowest BCUT2D eigenvalue weighted by Crippen LogP contribution is -2.24. The van der Waals surface area contributed by atoms with Crippen LogP contribution in [0.25, 0.3) is 0 Å². The molecule has 3 rings (SSSR count). The Morgan fingerprint density at radius 2 is 1.96 bits per heavy atom. The molecule has 2 heterocycles. The number of ketones is 1. The summed E-state index contributed by atoms with van der Waals surface area (Å²) in [7, 11) is 0. The van der Waals surface area contributed by atoms with E-state index in [-0.39, 0.29) is 11.7 Å². The van der Waals surface area contributed by atoms with Crippen LogP contribution in [0.4, 0.5) is 0 Å². The number of aromatic amines is 1. The number of fused-ring (bicyclic) bond motifs is 1. The molecular formula is C20H25N3O2. The summed E-state index contributed by atoms with van der Waals surface area (Å²) in [6.45, 7) is 7.72. The fourth-order valence-electron chi connectivity index (χ4n) is 3.58. The second kappa shape index (κ2) is 7.23. The smallest absolute Gasteiger partial charge is 0.268 e. The van der Waals surface area contributed by atoms with Gasteiger partial charge in [-0.1, -0.05) is 31.5 Å². The van der Waals surface area contributed by atoms with Crippen molar-refractivity contribution in [2.45, 2.75) is 53.2 Å². The first kappa shape index (κ1) is 17.4. The van der Waals surface area contributed by atoms with Crippen LogP contribution in [0.2, 0.25) is 0 Å². The number of Topliss-reactive ketones (excluding diaryl/α,β-unsaturated/α-hetero) is 1. The summed E-state index contributed by atoms with van der Waals surface area (Å²) in [6.07, 6.45) is 1.60. The minimum atomic E-state index is -0.155. The Kier molecular flexibility index (Phi) is 5.04. The third-order valence-electron chi connectivity index (χ3n) is 4.72. The van der Waals surface area contributed by atoms with Crippen molar-refractivity contribution in [3.8, 4) is 0 Å². The Bertz CT molecular complexity index is 821. The molecule has 0 unspecified atom stereocenters. The van der Waals surface area contributed by atoms with Gasteiger partial charge in [-0.15, -0.1) is 0 Å². The van der Waals surface area contributed by atoms with E-state index in [1.807, 2.05) is 13.8 Å². The van der Waals surface area contributed by atoms with Gasteiger partial charge in [0.2, 0.25) is 0 Å². The number of aromatic nitrogens is 1. The molecule has 132 valence electrons. The molecule has 1 amide bonds. The standard InChI is InChI=1S/C20H25N3O2/c1-4-5-17-18(13(3)24)12(2)23-19(17)20(25)22-9-14-6-7-15-10-21-11-16(15)8-14/h6-8,21,23H,4-5,9-11H2,1-3H3,(H,22,25). The predicted octanol–water partition coefficient (Wildman–Crippen LogP) is 3.01. The van der Waals surface area contributed by atoms with Gasteiger partial charge < -0.3 is 15.6 Å². The number of nitrogens with one attached hydrogen (secondary N) is 3. The van der Waals surface area contributed by atoms with Gasteiger partial charge in [-0.3, -0.25) is 9.59 Å². The summed E-state index contributed by atoms with van der Waals surface area (Å²) in [4.78, 5) is 27.7. The monoisotopic (exact) mass is 339 g/mol. The van der Waals surface area contributed by atoms with Gasteiger partial charge in [0.15, 0.2) is 5.78 Å². The number of H-pyrrole nitrogens is 1. The first-order chi connectivity index (χ1) is 12.0. The number of carbonyl (C=O) groups is 2. The van der Waals surface area contributed by atoms with Gasteiger partial charge in [-0.05, 0) is 42.5 Å². The van der Waals surface area contributed by atoms with E-state index in [1.54, 1.807) is 6.92 Å². The Morgan fingerprint density at radius 1 is 1.20 bits per heavy atom. The molecule has 0 atom stereocenters. The molecule has 25 heavy (non-hydrogen) atoms. The molecule has 0 aliphatic carbocycles. The quantitative estimate of drug-likeness (QED) is 0.708. The van der Waals surface area contributed by atoms with Crippen LogP contribution in [0.1, 0.15) is 69.1 Å².